The molecule has 0 aromatic carbocycles. The fourth-order valence-electron chi connectivity index (χ4n) is 2.34. The van der Waals surface area contributed by atoms with E-state index in [1.54, 1.807) is 0 Å². The molecular weight excluding hydrogens is 320 g/mol. The number of nitro groups is 1. The Hall–Kier alpha value is -2.80. The number of pyridine rings is 1. The van der Waals surface area contributed by atoms with Crippen molar-refractivity contribution < 1.29 is 9.66 Å². The minimum absolute atomic E-state index is 0.101. The number of hydrogen-bond donors (Lipinski definition) is 0. The number of nitriles is 1. The molecule has 0 radical (unpaired) electrons. The van der Waals surface area contributed by atoms with E-state index in [0.29, 0.717) is 30.9 Å². The summed E-state index contributed by atoms with van der Waals surface area (Å²) in [5.41, 5.74) is -0.127. The van der Waals surface area contributed by atoms with Crippen molar-refractivity contribution in [3.63, 3.8) is 0 Å². The lowest BCUT2D eigenvalue weighted by Crippen LogP contribution is -2.38. The van der Waals surface area contributed by atoms with Crippen molar-refractivity contribution in [2.24, 2.45) is 0 Å². The Morgan fingerprint density at radius 2 is 2.22 bits per heavy atom. The molecule has 1 fully saturated rings. The normalized spacial score (nSPS) is 15.2. The zero-order valence-corrected chi connectivity index (χ0v) is 12.8. The van der Waals surface area contributed by atoms with Crippen LogP contribution in [0.5, 0.6) is 5.75 Å². The van der Waals surface area contributed by atoms with E-state index < -0.39 is 4.92 Å². The second-order valence-electron chi connectivity index (χ2n) is 4.91. The minimum Gasteiger partial charge on any atom is -0.483 e. The van der Waals surface area contributed by atoms with E-state index >= 15 is 0 Å². The highest BCUT2D eigenvalue weighted by molar-refractivity contribution is 7.15. The van der Waals surface area contributed by atoms with Gasteiger partial charge in [0.15, 0.2) is 0 Å². The highest BCUT2D eigenvalue weighted by atomic mass is 32.1. The van der Waals surface area contributed by atoms with Crippen LogP contribution >= 0.6 is 11.3 Å². The van der Waals surface area contributed by atoms with Crippen LogP contribution in [0.3, 0.4) is 0 Å². The largest absolute Gasteiger partial charge is 0.483 e. The first-order valence-electron chi connectivity index (χ1n) is 6.91. The number of anilines is 1. The van der Waals surface area contributed by atoms with Gasteiger partial charge in [-0.25, -0.2) is 0 Å². The lowest BCUT2D eigenvalue weighted by atomic mass is 10.1. The zero-order chi connectivity index (χ0) is 16.2. The molecule has 0 saturated carbocycles. The predicted octanol–water partition coefficient (Wildman–Crippen LogP) is 1.76. The lowest BCUT2D eigenvalue weighted by Gasteiger charge is -2.31. The Kier molecular flexibility index (Phi) is 4.29. The maximum absolute atomic E-state index is 11.0. The second kappa shape index (κ2) is 6.53. The van der Waals surface area contributed by atoms with E-state index in [2.05, 4.69) is 15.2 Å². The molecule has 0 spiro atoms. The third-order valence-electron chi connectivity index (χ3n) is 3.47. The summed E-state index contributed by atoms with van der Waals surface area (Å²) < 4.78 is 5.77. The predicted molar refractivity (Wildman–Crippen MR) is 81.4 cm³/mol. The van der Waals surface area contributed by atoms with Crippen molar-refractivity contribution >= 4 is 22.2 Å². The van der Waals surface area contributed by atoms with Crippen molar-refractivity contribution in [1.82, 2.24) is 15.2 Å². The molecule has 9 nitrogen and oxygen atoms in total. The first-order chi connectivity index (χ1) is 11.2. The van der Waals surface area contributed by atoms with Crippen LogP contribution in [0.25, 0.3) is 0 Å². The summed E-state index contributed by atoms with van der Waals surface area (Å²) in [4.78, 5) is 16.3. The minimum atomic E-state index is -0.498. The van der Waals surface area contributed by atoms with Crippen LogP contribution in [-0.2, 0) is 0 Å². The summed E-state index contributed by atoms with van der Waals surface area (Å²) in [6, 6.07) is 3.48. The SMILES string of the molecule is N#Cc1nnc(N2CCC(Oc3ccncc3[N+](=O)[O-])CC2)s1. The highest BCUT2D eigenvalue weighted by Crippen LogP contribution is 2.29. The molecule has 2 aromatic heterocycles. The van der Waals surface area contributed by atoms with Crippen LogP contribution in [0, 0.1) is 21.4 Å². The molecule has 118 valence electrons. The summed E-state index contributed by atoms with van der Waals surface area (Å²) in [6.07, 6.45) is 3.98. The monoisotopic (exact) mass is 332 g/mol. The standard InChI is InChI=1S/C13H12N6O3S/c14-7-12-16-17-13(23-12)18-5-2-9(3-6-18)22-11-1-4-15-8-10(11)19(20)21/h1,4,8-9H,2-3,5-6H2. The smallest absolute Gasteiger partial charge is 0.329 e. The highest BCUT2D eigenvalue weighted by Gasteiger charge is 2.25. The fourth-order valence-corrected chi connectivity index (χ4v) is 3.04. The summed E-state index contributed by atoms with van der Waals surface area (Å²) in [7, 11) is 0. The number of piperidine rings is 1. The Morgan fingerprint density at radius 1 is 1.43 bits per heavy atom. The molecule has 3 rings (SSSR count). The number of hydrogen-bond acceptors (Lipinski definition) is 9. The topological polar surface area (TPSA) is 118 Å². The molecule has 23 heavy (non-hydrogen) atoms. The van der Waals surface area contributed by atoms with Crippen LogP contribution in [0.4, 0.5) is 10.8 Å². The quantitative estimate of drug-likeness (QED) is 0.614. The van der Waals surface area contributed by atoms with Crippen LogP contribution in [0.15, 0.2) is 18.5 Å². The summed E-state index contributed by atoms with van der Waals surface area (Å²) >= 11 is 1.26. The van der Waals surface area contributed by atoms with E-state index in [9.17, 15) is 10.1 Å². The molecular formula is C13H12N6O3S. The maximum Gasteiger partial charge on any atom is 0.329 e. The molecule has 3 heterocycles. The van der Waals surface area contributed by atoms with E-state index in [1.807, 2.05) is 11.0 Å². The molecule has 10 heteroatoms. The Labute approximate surface area is 135 Å². The second-order valence-corrected chi connectivity index (χ2v) is 5.86. The molecule has 0 bridgehead atoms. The number of nitrogens with zero attached hydrogens (tertiary/aromatic N) is 6. The third-order valence-corrected chi connectivity index (χ3v) is 4.36. The van der Waals surface area contributed by atoms with Gasteiger partial charge in [0.1, 0.15) is 18.4 Å². The van der Waals surface area contributed by atoms with Gasteiger partial charge < -0.3 is 9.64 Å². The van der Waals surface area contributed by atoms with Crippen molar-refractivity contribution in [3.05, 3.63) is 33.6 Å². The van der Waals surface area contributed by atoms with Crippen LogP contribution in [0.1, 0.15) is 17.8 Å². The third kappa shape index (κ3) is 3.35. The van der Waals surface area contributed by atoms with Gasteiger partial charge in [-0.2, -0.15) is 5.26 Å². The average molecular weight is 332 g/mol. The van der Waals surface area contributed by atoms with Gasteiger partial charge in [-0.15, -0.1) is 10.2 Å². The summed E-state index contributed by atoms with van der Waals surface area (Å²) in [5.74, 6) is 0.242. The summed E-state index contributed by atoms with van der Waals surface area (Å²) in [6.45, 7) is 1.40. The number of rotatable bonds is 4. The van der Waals surface area contributed by atoms with Crippen LogP contribution in [0.2, 0.25) is 0 Å². The van der Waals surface area contributed by atoms with E-state index in [0.717, 1.165) is 5.13 Å². The molecule has 0 atom stereocenters. The van der Waals surface area contributed by atoms with Gasteiger partial charge in [0, 0.05) is 38.2 Å². The Bertz CT molecular complexity index is 750. The molecule has 1 aliphatic rings. The number of aromatic nitrogens is 3. The van der Waals surface area contributed by atoms with Gasteiger partial charge in [0.2, 0.25) is 15.9 Å². The Balaban J connectivity index is 1.61. The van der Waals surface area contributed by atoms with Gasteiger partial charge in [0.05, 0.1) is 4.92 Å². The van der Waals surface area contributed by atoms with Gasteiger partial charge >= 0.3 is 5.69 Å². The van der Waals surface area contributed by atoms with Crippen molar-refractivity contribution in [1.29, 1.82) is 5.26 Å². The van der Waals surface area contributed by atoms with Gasteiger partial charge in [0.25, 0.3) is 0 Å². The molecule has 2 aromatic rings. The van der Waals surface area contributed by atoms with Crippen molar-refractivity contribution in [2.45, 2.75) is 18.9 Å². The average Bonchev–Trinajstić information content (AvgIpc) is 3.05. The molecule has 1 saturated heterocycles. The van der Waals surface area contributed by atoms with Crippen molar-refractivity contribution in [2.75, 3.05) is 18.0 Å². The molecule has 0 N–H and O–H groups in total. The molecule has 0 aliphatic carbocycles. The van der Waals surface area contributed by atoms with Gasteiger partial charge in [-0.1, -0.05) is 11.3 Å². The van der Waals surface area contributed by atoms with E-state index in [1.165, 1.54) is 29.8 Å². The van der Waals surface area contributed by atoms with E-state index in [-0.39, 0.29) is 17.5 Å². The molecule has 1 aliphatic heterocycles. The van der Waals surface area contributed by atoms with Gasteiger partial charge in [-0.3, -0.25) is 15.1 Å². The first-order valence-corrected chi connectivity index (χ1v) is 7.72. The fraction of sp³-hybridized carbons (Fsp3) is 0.385. The zero-order valence-electron chi connectivity index (χ0n) is 12.0. The van der Waals surface area contributed by atoms with E-state index in [4.69, 9.17) is 10.00 Å². The molecule has 0 unspecified atom stereocenters. The van der Waals surface area contributed by atoms with Crippen molar-refractivity contribution in [3.8, 4) is 11.8 Å². The Morgan fingerprint density at radius 3 is 2.87 bits per heavy atom. The number of ether oxygens (including phenoxy) is 1. The lowest BCUT2D eigenvalue weighted by molar-refractivity contribution is -0.386. The first kappa shape index (κ1) is 15.1. The summed E-state index contributed by atoms with van der Waals surface area (Å²) in [5, 5.41) is 28.6. The van der Waals surface area contributed by atoms with Crippen LogP contribution < -0.4 is 9.64 Å². The van der Waals surface area contributed by atoms with Crippen LogP contribution in [-0.4, -0.2) is 39.3 Å². The maximum atomic E-state index is 11.0. The van der Waals surface area contributed by atoms with Gasteiger partial charge in [-0.05, 0) is 0 Å². The molecule has 0 amide bonds.